The topological polar surface area (TPSA) is 26.0 Å². The first kappa shape index (κ1) is 14.2. The number of thioether (sulfide) groups is 1. The van der Waals surface area contributed by atoms with Gasteiger partial charge in [0.25, 0.3) is 0 Å². The van der Waals surface area contributed by atoms with Crippen molar-refractivity contribution in [3.63, 3.8) is 0 Å². The monoisotopic (exact) mass is 275 g/mol. The Labute approximate surface area is 119 Å². The summed E-state index contributed by atoms with van der Waals surface area (Å²) in [6.07, 6.45) is 0. The molecule has 0 bridgehead atoms. The van der Waals surface area contributed by atoms with Crippen LogP contribution in [0.3, 0.4) is 0 Å². The fourth-order valence-electron chi connectivity index (χ4n) is 1.98. The van der Waals surface area contributed by atoms with Crippen LogP contribution in [0.2, 0.25) is 0 Å². The lowest BCUT2D eigenvalue weighted by atomic mass is 10.0. The highest BCUT2D eigenvalue weighted by molar-refractivity contribution is 7.97. The molecule has 0 amide bonds. The molecule has 1 aromatic carbocycles. The van der Waals surface area contributed by atoms with Crippen molar-refractivity contribution in [3.8, 4) is 0 Å². The average molecular weight is 275 g/mol. The van der Waals surface area contributed by atoms with Crippen molar-refractivity contribution < 1.29 is 4.52 Å². The van der Waals surface area contributed by atoms with Crippen molar-refractivity contribution in [1.82, 2.24) is 5.16 Å². The van der Waals surface area contributed by atoms with Crippen molar-refractivity contribution in [2.45, 2.75) is 45.1 Å². The number of hydrogen-bond acceptors (Lipinski definition) is 3. The van der Waals surface area contributed by atoms with Crippen LogP contribution in [0.4, 0.5) is 0 Å². The SMILES string of the molecule is Cc1noc(C)c1CSCc1ccc(C(C)C)cc1. The molecule has 0 saturated heterocycles. The second-order valence-corrected chi connectivity index (χ2v) is 6.18. The summed E-state index contributed by atoms with van der Waals surface area (Å²) in [7, 11) is 0. The van der Waals surface area contributed by atoms with E-state index in [9.17, 15) is 0 Å². The minimum Gasteiger partial charge on any atom is -0.361 e. The van der Waals surface area contributed by atoms with Gasteiger partial charge in [0.1, 0.15) is 5.76 Å². The van der Waals surface area contributed by atoms with Gasteiger partial charge in [0, 0.05) is 17.1 Å². The Kier molecular flexibility index (Phi) is 4.70. The molecule has 1 heterocycles. The van der Waals surface area contributed by atoms with E-state index in [4.69, 9.17) is 4.52 Å². The molecule has 0 fully saturated rings. The van der Waals surface area contributed by atoms with E-state index in [1.807, 2.05) is 25.6 Å². The number of rotatable bonds is 5. The van der Waals surface area contributed by atoms with Gasteiger partial charge in [0.15, 0.2) is 0 Å². The Balaban J connectivity index is 1.89. The molecule has 0 unspecified atom stereocenters. The summed E-state index contributed by atoms with van der Waals surface area (Å²) in [5, 5.41) is 3.98. The summed E-state index contributed by atoms with van der Waals surface area (Å²) in [5.41, 5.74) is 5.03. The summed E-state index contributed by atoms with van der Waals surface area (Å²) in [6, 6.07) is 8.93. The predicted molar refractivity (Wildman–Crippen MR) is 81.5 cm³/mol. The summed E-state index contributed by atoms with van der Waals surface area (Å²) in [4.78, 5) is 0. The summed E-state index contributed by atoms with van der Waals surface area (Å²) >= 11 is 1.91. The van der Waals surface area contributed by atoms with Gasteiger partial charge in [-0.1, -0.05) is 43.3 Å². The zero-order chi connectivity index (χ0) is 13.8. The molecule has 0 spiro atoms. The summed E-state index contributed by atoms with van der Waals surface area (Å²) in [6.45, 7) is 8.43. The summed E-state index contributed by atoms with van der Waals surface area (Å²) < 4.78 is 5.18. The minimum atomic E-state index is 0.601. The van der Waals surface area contributed by atoms with E-state index >= 15 is 0 Å². The molecule has 2 aromatic rings. The smallest absolute Gasteiger partial charge is 0.137 e. The third kappa shape index (κ3) is 3.63. The van der Waals surface area contributed by atoms with Gasteiger partial charge in [-0.25, -0.2) is 0 Å². The van der Waals surface area contributed by atoms with E-state index in [1.165, 1.54) is 16.7 Å². The number of nitrogens with zero attached hydrogens (tertiary/aromatic N) is 1. The minimum absolute atomic E-state index is 0.601. The predicted octanol–water partition coefficient (Wildman–Crippen LogP) is 4.85. The maximum Gasteiger partial charge on any atom is 0.137 e. The van der Waals surface area contributed by atoms with Crippen LogP contribution in [0.5, 0.6) is 0 Å². The molecular weight excluding hydrogens is 254 g/mol. The molecule has 0 aliphatic rings. The Morgan fingerprint density at radius 2 is 1.79 bits per heavy atom. The highest BCUT2D eigenvalue weighted by Crippen LogP contribution is 2.23. The lowest BCUT2D eigenvalue weighted by Gasteiger charge is -2.07. The standard InChI is InChI=1S/C16H21NOS/c1-11(2)15-7-5-14(6-8-15)9-19-10-16-12(3)17-18-13(16)4/h5-8,11H,9-10H2,1-4H3. The number of benzene rings is 1. The van der Waals surface area contributed by atoms with E-state index < -0.39 is 0 Å². The van der Waals surface area contributed by atoms with Crippen molar-refractivity contribution >= 4 is 11.8 Å². The highest BCUT2D eigenvalue weighted by atomic mass is 32.2. The molecule has 19 heavy (non-hydrogen) atoms. The van der Waals surface area contributed by atoms with Crippen LogP contribution < -0.4 is 0 Å². The van der Waals surface area contributed by atoms with Gasteiger partial charge >= 0.3 is 0 Å². The van der Waals surface area contributed by atoms with Crippen LogP contribution in [0, 0.1) is 13.8 Å². The normalized spacial score (nSPS) is 11.2. The molecule has 102 valence electrons. The van der Waals surface area contributed by atoms with Crippen molar-refractivity contribution in [3.05, 3.63) is 52.4 Å². The lowest BCUT2D eigenvalue weighted by Crippen LogP contribution is -1.89. The number of aromatic nitrogens is 1. The van der Waals surface area contributed by atoms with E-state index in [1.54, 1.807) is 0 Å². The molecule has 0 aliphatic carbocycles. The molecule has 0 saturated carbocycles. The quantitative estimate of drug-likeness (QED) is 0.780. The molecule has 0 N–H and O–H groups in total. The fraction of sp³-hybridized carbons (Fsp3) is 0.438. The van der Waals surface area contributed by atoms with Gasteiger partial charge in [-0.05, 0) is 30.9 Å². The zero-order valence-corrected chi connectivity index (χ0v) is 12.9. The number of aryl methyl sites for hydroxylation is 2. The molecule has 2 rings (SSSR count). The zero-order valence-electron chi connectivity index (χ0n) is 12.1. The molecule has 2 nitrogen and oxygen atoms in total. The Bertz CT molecular complexity index is 509. The maximum atomic E-state index is 5.18. The third-order valence-corrected chi connectivity index (χ3v) is 4.37. The van der Waals surface area contributed by atoms with E-state index in [-0.39, 0.29) is 0 Å². The fourth-order valence-corrected chi connectivity index (χ4v) is 3.12. The van der Waals surface area contributed by atoms with Crippen LogP contribution in [0.1, 0.15) is 47.9 Å². The van der Waals surface area contributed by atoms with Crippen LogP contribution >= 0.6 is 11.8 Å². The van der Waals surface area contributed by atoms with Crippen LogP contribution in [-0.2, 0) is 11.5 Å². The average Bonchev–Trinajstić information content (AvgIpc) is 2.71. The molecule has 3 heteroatoms. The summed E-state index contributed by atoms with van der Waals surface area (Å²) in [5.74, 6) is 3.54. The molecule has 1 aromatic heterocycles. The first-order chi connectivity index (χ1) is 9.08. The molecular formula is C16H21NOS. The van der Waals surface area contributed by atoms with E-state index in [0.29, 0.717) is 5.92 Å². The van der Waals surface area contributed by atoms with Crippen molar-refractivity contribution in [1.29, 1.82) is 0 Å². The van der Waals surface area contributed by atoms with Gasteiger partial charge in [-0.15, -0.1) is 0 Å². The third-order valence-electron chi connectivity index (χ3n) is 3.34. The highest BCUT2D eigenvalue weighted by Gasteiger charge is 2.08. The second-order valence-electron chi connectivity index (χ2n) is 5.19. The first-order valence-corrected chi connectivity index (χ1v) is 7.81. The second kappa shape index (κ2) is 6.29. The molecule has 0 aliphatic heterocycles. The van der Waals surface area contributed by atoms with Gasteiger partial charge in [0.2, 0.25) is 0 Å². The first-order valence-electron chi connectivity index (χ1n) is 6.66. The lowest BCUT2D eigenvalue weighted by molar-refractivity contribution is 0.392. The number of hydrogen-bond donors (Lipinski definition) is 0. The Morgan fingerprint density at radius 1 is 1.11 bits per heavy atom. The van der Waals surface area contributed by atoms with Gasteiger partial charge < -0.3 is 4.52 Å². The van der Waals surface area contributed by atoms with Crippen LogP contribution in [-0.4, -0.2) is 5.16 Å². The maximum absolute atomic E-state index is 5.18. The van der Waals surface area contributed by atoms with Crippen molar-refractivity contribution in [2.75, 3.05) is 0 Å². The molecule has 0 atom stereocenters. The van der Waals surface area contributed by atoms with Gasteiger partial charge in [0.05, 0.1) is 5.69 Å². The largest absolute Gasteiger partial charge is 0.361 e. The molecule has 0 radical (unpaired) electrons. The Morgan fingerprint density at radius 3 is 2.32 bits per heavy atom. The van der Waals surface area contributed by atoms with E-state index in [0.717, 1.165) is 23.0 Å². The van der Waals surface area contributed by atoms with Crippen LogP contribution in [0.15, 0.2) is 28.8 Å². The Hall–Kier alpha value is -1.22. The van der Waals surface area contributed by atoms with Crippen molar-refractivity contribution in [2.24, 2.45) is 0 Å². The van der Waals surface area contributed by atoms with Gasteiger partial charge in [-0.3, -0.25) is 0 Å². The van der Waals surface area contributed by atoms with Crippen LogP contribution in [0.25, 0.3) is 0 Å². The van der Waals surface area contributed by atoms with E-state index in [2.05, 4.69) is 43.3 Å². The van der Waals surface area contributed by atoms with Gasteiger partial charge in [-0.2, -0.15) is 11.8 Å².